The van der Waals surface area contributed by atoms with Gasteiger partial charge in [0.15, 0.2) is 0 Å². The molecule has 1 aromatic carbocycles. The number of piperidine rings is 1. The van der Waals surface area contributed by atoms with Gasteiger partial charge in [0.05, 0.1) is 24.3 Å². The molecule has 1 fully saturated rings. The molecule has 1 saturated heterocycles. The van der Waals surface area contributed by atoms with Crippen molar-refractivity contribution < 1.29 is 0 Å². The van der Waals surface area contributed by atoms with Crippen molar-refractivity contribution in [3.8, 4) is 0 Å². The Labute approximate surface area is 164 Å². The molecular weight excluding hydrogens is 356 g/mol. The number of benzene rings is 1. The summed E-state index contributed by atoms with van der Waals surface area (Å²) < 4.78 is 1.85. The van der Waals surface area contributed by atoms with Gasteiger partial charge < -0.3 is 10.2 Å². The van der Waals surface area contributed by atoms with Crippen LogP contribution < -0.4 is 10.2 Å². The van der Waals surface area contributed by atoms with Crippen LogP contribution in [0.3, 0.4) is 0 Å². The lowest BCUT2D eigenvalue weighted by Gasteiger charge is -2.34. The van der Waals surface area contributed by atoms with E-state index in [-0.39, 0.29) is 0 Å². The van der Waals surface area contributed by atoms with E-state index in [1.165, 1.54) is 11.3 Å². The minimum absolute atomic E-state index is 0.364. The maximum atomic E-state index is 4.74. The van der Waals surface area contributed by atoms with E-state index in [1.807, 2.05) is 36.4 Å². The predicted octanol–water partition coefficient (Wildman–Crippen LogP) is 3.58. The molecule has 27 heavy (non-hydrogen) atoms. The first kappa shape index (κ1) is 17.9. The molecule has 4 rings (SSSR count). The van der Waals surface area contributed by atoms with Crippen molar-refractivity contribution in [1.82, 2.24) is 19.7 Å². The molecule has 0 amide bonds. The number of hydrogen-bond acceptors (Lipinski definition) is 6. The fourth-order valence-corrected chi connectivity index (χ4v) is 4.13. The van der Waals surface area contributed by atoms with E-state index in [4.69, 9.17) is 4.98 Å². The Balaban J connectivity index is 1.36. The third kappa shape index (κ3) is 4.80. The quantitative estimate of drug-likeness (QED) is 0.660. The van der Waals surface area contributed by atoms with Gasteiger partial charge in [0.1, 0.15) is 10.8 Å². The highest BCUT2D eigenvalue weighted by Crippen LogP contribution is 2.23. The van der Waals surface area contributed by atoms with Gasteiger partial charge in [-0.1, -0.05) is 30.3 Å². The molecule has 0 aliphatic carbocycles. The number of rotatable bonds is 6. The monoisotopic (exact) mass is 380 g/mol. The Morgan fingerprint density at radius 3 is 2.89 bits per heavy atom. The zero-order chi connectivity index (χ0) is 18.5. The van der Waals surface area contributed by atoms with Crippen molar-refractivity contribution in [3.05, 3.63) is 60.7 Å². The van der Waals surface area contributed by atoms with E-state index in [9.17, 15) is 0 Å². The number of aromatic nitrogens is 4. The van der Waals surface area contributed by atoms with Crippen LogP contribution in [0, 0.1) is 0 Å². The lowest BCUT2D eigenvalue weighted by Crippen LogP contribution is -2.42. The second kappa shape index (κ2) is 8.43. The van der Waals surface area contributed by atoms with Gasteiger partial charge in [-0.05, 0) is 18.4 Å². The van der Waals surface area contributed by atoms with E-state index >= 15 is 0 Å². The second-order valence-electron chi connectivity index (χ2n) is 6.82. The van der Waals surface area contributed by atoms with Gasteiger partial charge in [-0.15, -0.1) is 11.8 Å². The first-order valence-electron chi connectivity index (χ1n) is 9.25. The second-order valence-corrected chi connectivity index (χ2v) is 7.81. The number of anilines is 2. The van der Waals surface area contributed by atoms with Gasteiger partial charge in [-0.2, -0.15) is 5.10 Å². The SMILES string of the molecule is Cn1cc(N2CCCC(Nc3cncc(SCc4ccccc4)n3)C2)cn1. The average molecular weight is 381 g/mol. The molecule has 2 aromatic heterocycles. The Morgan fingerprint density at radius 2 is 2.07 bits per heavy atom. The van der Waals surface area contributed by atoms with Gasteiger partial charge in [0.2, 0.25) is 0 Å². The van der Waals surface area contributed by atoms with Gasteiger partial charge in [0, 0.05) is 38.1 Å². The van der Waals surface area contributed by atoms with Gasteiger partial charge in [-0.3, -0.25) is 9.67 Å². The number of aryl methyl sites for hydroxylation is 1. The molecule has 0 radical (unpaired) electrons. The summed E-state index contributed by atoms with van der Waals surface area (Å²) in [5.41, 5.74) is 2.48. The first-order valence-corrected chi connectivity index (χ1v) is 10.2. The third-order valence-electron chi connectivity index (χ3n) is 4.67. The summed E-state index contributed by atoms with van der Waals surface area (Å²) in [7, 11) is 1.96. The van der Waals surface area contributed by atoms with Gasteiger partial charge in [-0.25, -0.2) is 4.98 Å². The molecular formula is C20H24N6S. The van der Waals surface area contributed by atoms with E-state index in [0.717, 1.165) is 42.5 Å². The highest BCUT2D eigenvalue weighted by Gasteiger charge is 2.21. The molecule has 1 aliphatic heterocycles. The van der Waals surface area contributed by atoms with Crippen LogP contribution in [0.1, 0.15) is 18.4 Å². The van der Waals surface area contributed by atoms with E-state index in [0.29, 0.717) is 6.04 Å². The third-order valence-corrected chi connectivity index (χ3v) is 5.64. The van der Waals surface area contributed by atoms with Gasteiger partial charge in [0.25, 0.3) is 0 Å². The van der Waals surface area contributed by atoms with Crippen LogP contribution in [0.4, 0.5) is 11.5 Å². The van der Waals surface area contributed by atoms with E-state index < -0.39 is 0 Å². The number of thioether (sulfide) groups is 1. The number of nitrogens with one attached hydrogen (secondary N) is 1. The fourth-order valence-electron chi connectivity index (χ4n) is 3.33. The molecule has 3 aromatic rings. The first-order chi connectivity index (χ1) is 13.3. The Hall–Kier alpha value is -2.54. The van der Waals surface area contributed by atoms with Crippen molar-refractivity contribution >= 4 is 23.3 Å². The summed E-state index contributed by atoms with van der Waals surface area (Å²) in [4.78, 5) is 11.5. The molecule has 7 heteroatoms. The van der Waals surface area contributed by atoms with Gasteiger partial charge >= 0.3 is 0 Å². The van der Waals surface area contributed by atoms with Crippen molar-refractivity contribution in [3.63, 3.8) is 0 Å². The summed E-state index contributed by atoms with van der Waals surface area (Å²) in [6, 6.07) is 10.8. The highest BCUT2D eigenvalue weighted by molar-refractivity contribution is 7.98. The Bertz CT molecular complexity index is 866. The zero-order valence-electron chi connectivity index (χ0n) is 15.5. The largest absolute Gasteiger partial charge is 0.367 e. The van der Waals surface area contributed by atoms with Crippen LogP contribution in [0.5, 0.6) is 0 Å². The maximum absolute atomic E-state index is 4.74. The van der Waals surface area contributed by atoms with Crippen LogP contribution in [0.2, 0.25) is 0 Å². The summed E-state index contributed by atoms with van der Waals surface area (Å²) in [5, 5.41) is 8.81. The van der Waals surface area contributed by atoms with Crippen LogP contribution in [0.15, 0.2) is 60.1 Å². The lowest BCUT2D eigenvalue weighted by atomic mass is 10.1. The Kier molecular flexibility index (Phi) is 5.58. The molecule has 1 N–H and O–H groups in total. The summed E-state index contributed by atoms with van der Waals surface area (Å²) >= 11 is 1.71. The minimum Gasteiger partial charge on any atom is -0.367 e. The van der Waals surface area contributed by atoms with Crippen LogP contribution >= 0.6 is 11.8 Å². The smallest absolute Gasteiger partial charge is 0.146 e. The predicted molar refractivity (Wildman–Crippen MR) is 110 cm³/mol. The summed E-state index contributed by atoms with van der Waals surface area (Å²) in [6.45, 7) is 2.03. The van der Waals surface area contributed by atoms with Crippen LogP contribution in [-0.4, -0.2) is 38.9 Å². The fraction of sp³-hybridized carbons (Fsp3) is 0.350. The molecule has 1 aliphatic rings. The highest BCUT2D eigenvalue weighted by atomic mass is 32.2. The number of nitrogens with zero attached hydrogens (tertiary/aromatic N) is 5. The van der Waals surface area contributed by atoms with Crippen molar-refractivity contribution in [2.75, 3.05) is 23.3 Å². The molecule has 0 bridgehead atoms. The molecule has 1 atom stereocenters. The van der Waals surface area contributed by atoms with E-state index in [1.54, 1.807) is 11.8 Å². The van der Waals surface area contributed by atoms with Crippen molar-refractivity contribution in [1.29, 1.82) is 0 Å². The topological polar surface area (TPSA) is 58.9 Å². The maximum Gasteiger partial charge on any atom is 0.146 e. The summed E-state index contributed by atoms with van der Waals surface area (Å²) in [5.74, 6) is 1.75. The zero-order valence-corrected chi connectivity index (χ0v) is 16.3. The van der Waals surface area contributed by atoms with Crippen molar-refractivity contribution in [2.24, 2.45) is 7.05 Å². The minimum atomic E-state index is 0.364. The average Bonchev–Trinajstić information content (AvgIpc) is 3.14. The lowest BCUT2D eigenvalue weighted by molar-refractivity contribution is 0.528. The summed E-state index contributed by atoms with van der Waals surface area (Å²) in [6.07, 6.45) is 9.95. The van der Waals surface area contributed by atoms with E-state index in [2.05, 4.69) is 50.8 Å². The molecule has 140 valence electrons. The van der Waals surface area contributed by atoms with Crippen LogP contribution in [0.25, 0.3) is 0 Å². The molecule has 3 heterocycles. The molecule has 0 spiro atoms. The Morgan fingerprint density at radius 1 is 1.19 bits per heavy atom. The normalized spacial score (nSPS) is 17.1. The molecule has 1 unspecified atom stereocenters. The standard InChI is InChI=1S/C20H24N6S/c1-25-14-18(10-22-25)26-9-5-8-17(13-26)23-19-11-21-12-20(24-19)27-15-16-6-3-2-4-7-16/h2-4,6-7,10-12,14,17H,5,8-9,13,15H2,1H3,(H,23,24). The van der Waals surface area contributed by atoms with Crippen LogP contribution in [-0.2, 0) is 12.8 Å². The molecule has 0 saturated carbocycles. The molecule has 6 nitrogen and oxygen atoms in total. The van der Waals surface area contributed by atoms with Crippen molar-refractivity contribution in [2.45, 2.75) is 29.7 Å². The number of hydrogen-bond donors (Lipinski definition) is 1.